The van der Waals surface area contributed by atoms with Crippen LogP contribution < -0.4 is 5.32 Å². The van der Waals surface area contributed by atoms with Gasteiger partial charge in [-0.2, -0.15) is 0 Å². The molecule has 4 aromatic carbocycles. The summed E-state index contributed by atoms with van der Waals surface area (Å²) in [5, 5.41) is 56.7. The summed E-state index contributed by atoms with van der Waals surface area (Å²) in [6, 6.07) is 20.0. The molecule has 1 aliphatic heterocycles. The van der Waals surface area contributed by atoms with Crippen molar-refractivity contribution < 1.29 is 29.9 Å². The molecule has 0 spiro atoms. The van der Waals surface area contributed by atoms with E-state index in [9.17, 15) is 25.5 Å². The first-order valence-electron chi connectivity index (χ1n) is 11.1. The van der Waals surface area contributed by atoms with Crippen molar-refractivity contribution in [3.8, 4) is 28.7 Å². The number of halogens is 1. The fraction of sp³-hybridized carbons (Fsp3) is 0.0370. The number of hydrogen-bond donors (Lipinski definition) is 6. The van der Waals surface area contributed by atoms with Crippen molar-refractivity contribution in [1.82, 2.24) is 5.32 Å². The van der Waals surface area contributed by atoms with Gasteiger partial charge in [0.25, 0.3) is 0 Å². The van der Waals surface area contributed by atoms with Crippen molar-refractivity contribution in [3.63, 3.8) is 0 Å². The van der Waals surface area contributed by atoms with Gasteiger partial charge < -0.3 is 35.3 Å². The number of para-hydroxylation sites is 1. The number of hydrogen-bond acceptors (Lipinski definition) is 9. The molecule has 1 aliphatic rings. The van der Waals surface area contributed by atoms with Crippen molar-refractivity contribution in [2.75, 3.05) is 0 Å². The van der Waals surface area contributed by atoms with E-state index in [1.807, 2.05) is 42.5 Å². The smallest absolute Gasteiger partial charge is 0.208 e. The van der Waals surface area contributed by atoms with Crippen LogP contribution in [-0.4, -0.2) is 37.2 Å². The summed E-state index contributed by atoms with van der Waals surface area (Å²) >= 11 is 6.16. The maximum Gasteiger partial charge on any atom is 0.208 e. The Morgan fingerprint density at radius 3 is 2.19 bits per heavy atom. The highest BCUT2D eigenvalue weighted by atomic mass is 35.5. The van der Waals surface area contributed by atoms with Crippen LogP contribution in [0.5, 0.6) is 28.7 Å². The Morgan fingerprint density at radius 1 is 0.757 bits per heavy atom. The van der Waals surface area contributed by atoms with Crippen LogP contribution in [0.3, 0.4) is 0 Å². The van der Waals surface area contributed by atoms with Crippen LogP contribution in [0.25, 0.3) is 21.9 Å². The zero-order valence-electron chi connectivity index (χ0n) is 18.8. The molecule has 6 N–H and O–H groups in total. The van der Waals surface area contributed by atoms with E-state index in [-0.39, 0.29) is 5.84 Å². The lowest BCUT2D eigenvalue weighted by atomic mass is 10.0. The van der Waals surface area contributed by atoms with E-state index in [0.29, 0.717) is 33.2 Å². The van der Waals surface area contributed by atoms with Crippen LogP contribution in [0.4, 0.5) is 0 Å². The van der Waals surface area contributed by atoms with Crippen LogP contribution in [0.15, 0.2) is 81.1 Å². The number of rotatable bonds is 3. The van der Waals surface area contributed by atoms with Crippen molar-refractivity contribution in [2.45, 2.75) is 6.17 Å². The van der Waals surface area contributed by atoms with E-state index in [4.69, 9.17) is 16.0 Å². The summed E-state index contributed by atoms with van der Waals surface area (Å²) in [7, 11) is 0. The molecule has 0 bridgehead atoms. The lowest BCUT2D eigenvalue weighted by Gasteiger charge is -2.24. The molecule has 0 fully saturated rings. The minimum atomic E-state index is -1.07. The molecule has 5 aromatic rings. The average molecular weight is 516 g/mol. The molecule has 6 rings (SSSR count). The van der Waals surface area contributed by atoms with Gasteiger partial charge in [-0.15, -0.1) is 0 Å². The number of nitrogens with zero attached hydrogens (tertiary/aromatic N) is 2. The Labute approximate surface area is 213 Å². The van der Waals surface area contributed by atoms with Crippen molar-refractivity contribution in [1.29, 1.82) is 0 Å². The number of fused-ring (bicyclic) bond motifs is 3. The number of phenolic OH excluding ortho intramolecular Hbond substituents is 5. The molecule has 0 aliphatic carbocycles. The van der Waals surface area contributed by atoms with Gasteiger partial charge in [0.1, 0.15) is 22.6 Å². The summed E-state index contributed by atoms with van der Waals surface area (Å²) in [5.41, 5.74) is 1.98. The largest absolute Gasteiger partial charge is 0.504 e. The Bertz CT molecular complexity index is 1750. The number of aliphatic imine (C=N–C) groups is 2. The normalized spacial score (nSPS) is 15.4. The summed E-state index contributed by atoms with van der Waals surface area (Å²) < 4.78 is 6.16. The van der Waals surface area contributed by atoms with Crippen molar-refractivity contribution in [2.24, 2.45) is 9.98 Å². The number of amidine groups is 2. The third-order valence-electron chi connectivity index (χ3n) is 6.17. The van der Waals surface area contributed by atoms with Gasteiger partial charge in [-0.1, -0.05) is 60.1 Å². The fourth-order valence-corrected chi connectivity index (χ4v) is 4.53. The van der Waals surface area contributed by atoms with Gasteiger partial charge in [-0.05, 0) is 12.1 Å². The van der Waals surface area contributed by atoms with Crippen LogP contribution in [-0.2, 0) is 0 Å². The Hall–Kier alpha value is -4.89. The van der Waals surface area contributed by atoms with E-state index in [1.54, 1.807) is 24.3 Å². The standard InChI is InChI=1S/C27H18ClN3O6/c28-13-9-10-14-15-7-4-8-16(24(15)37-17(14)11-13)26-29-25(12-5-2-1-3-6-12)30-27(31-26)18-19(32)21(34)23(36)22(35)20(18)33/h1-11,26,32-36H,(H,29,30,31). The molecule has 1 aromatic heterocycles. The second-order valence-electron chi connectivity index (χ2n) is 8.41. The number of aromatic hydroxyl groups is 5. The van der Waals surface area contributed by atoms with Gasteiger partial charge in [0.15, 0.2) is 23.5 Å². The molecule has 1 atom stereocenters. The van der Waals surface area contributed by atoms with E-state index in [2.05, 4.69) is 15.3 Å². The monoisotopic (exact) mass is 515 g/mol. The Kier molecular flexibility index (Phi) is 5.09. The summed E-state index contributed by atoms with van der Waals surface area (Å²) in [4.78, 5) is 9.03. The highest BCUT2D eigenvalue weighted by Crippen LogP contribution is 2.51. The molecule has 37 heavy (non-hydrogen) atoms. The van der Waals surface area contributed by atoms with Gasteiger partial charge in [-0.25, -0.2) is 9.98 Å². The van der Waals surface area contributed by atoms with E-state index < -0.39 is 40.5 Å². The highest BCUT2D eigenvalue weighted by Gasteiger charge is 2.31. The molecule has 0 saturated carbocycles. The average Bonchev–Trinajstić information content (AvgIpc) is 3.29. The summed E-state index contributed by atoms with van der Waals surface area (Å²) in [5.74, 6) is -4.73. The van der Waals surface area contributed by atoms with Crippen molar-refractivity contribution in [3.05, 3.63) is 88.4 Å². The molecular formula is C27H18ClN3O6. The third kappa shape index (κ3) is 3.56. The Balaban J connectivity index is 1.59. The van der Waals surface area contributed by atoms with E-state index in [0.717, 1.165) is 10.8 Å². The first-order chi connectivity index (χ1) is 17.8. The minimum absolute atomic E-state index is 0.195. The number of benzene rings is 4. The van der Waals surface area contributed by atoms with Crippen LogP contribution >= 0.6 is 11.6 Å². The SMILES string of the molecule is Oc1c(O)c(O)c(C2=NC(c3cccc4c3oc3cc(Cl)ccc34)NC(c3ccccc3)=N2)c(O)c1O. The summed E-state index contributed by atoms with van der Waals surface area (Å²) in [6.45, 7) is 0. The first kappa shape index (κ1) is 22.6. The van der Waals surface area contributed by atoms with Crippen LogP contribution in [0.1, 0.15) is 22.9 Å². The predicted octanol–water partition coefficient (Wildman–Crippen LogP) is 5.26. The highest BCUT2D eigenvalue weighted by molar-refractivity contribution is 6.31. The number of nitrogens with one attached hydrogen (secondary N) is 1. The zero-order chi connectivity index (χ0) is 25.8. The maximum atomic E-state index is 10.6. The van der Waals surface area contributed by atoms with Gasteiger partial charge in [0.05, 0.1) is 0 Å². The molecule has 10 heteroatoms. The molecule has 0 saturated heterocycles. The zero-order valence-corrected chi connectivity index (χ0v) is 19.6. The second-order valence-corrected chi connectivity index (χ2v) is 8.85. The molecule has 2 heterocycles. The van der Waals surface area contributed by atoms with Gasteiger partial charge >= 0.3 is 0 Å². The Morgan fingerprint density at radius 2 is 1.46 bits per heavy atom. The van der Waals surface area contributed by atoms with Crippen LogP contribution in [0, 0.1) is 0 Å². The topological polar surface area (TPSA) is 151 Å². The first-order valence-corrected chi connectivity index (χ1v) is 11.5. The lowest BCUT2D eigenvalue weighted by molar-refractivity contribution is 0.327. The van der Waals surface area contributed by atoms with E-state index in [1.165, 1.54) is 0 Å². The van der Waals surface area contributed by atoms with Gasteiger partial charge in [0, 0.05) is 33.0 Å². The quantitative estimate of drug-likeness (QED) is 0.141. The molecule has 1 unspecified atom stereocenters. The number of phenols is 5. The van der Waals surface area contributed by atoms with Gasteiger partial charge in [-0.3, -0.25) is 0 Å². The molecule has 0 amide bonds. The number of furan rings is 1. The van der Waals surface area contributed by atoms with Crippen molar-refractivity contribution >= 4 is 45.2 Å². The van der Waals surface area contributed by atoms with Crippen LogP contribution in [0.2, 0.25) is 5.02 Å². The molecule has 0 radical (unpaired) electrons. The molecule has 9 nitrogen and oxygen atoms in total. The van der Waals surface area contributed by atoms with Gasteiger partial charge in [0.2, 0.25) is 17.2 Å². The molecule has 184 valence electrons. The van der Waals surface area contributed by atoms with E-state index >= 15 is 0 Å². The molecular weight excluding hydrogens is 498 g/mol. The summed E-state index contributed by atoms with van der Waals surface area (Å²) in [6.07, 6.45) is -0.820. The lowest BCUT2D eigenvalue weighted by Crippen LogP contribution is -2.33. The second kappa shape index (κ2) is 8.35. The third-order valence-corrected chi connectivity index (χ3v) is 6.41. The predicted molar refractivity (Wildman–Crippen MR) is 139 cm³/mol. The fourth-order valence-electron chi connectivity index (χ4n) is 4.37. The maximum absolute atomic E-state index is 10.6. The minimum Gasteiger partial charge on any atom is -0.504 e.